The Morgan fingerprint density at radius 1 is 1.32 bits per heavy atom. The molecule has 2 aliphatic rings. The summed E-state index contributed by atoms with van der Waals surface area (Å²) in [7, 11) is 0. The first-order chi connectivity index (χ1) is 9.24. The molecule has 19 heavy (non-hydrogen) atoms. The van der Waals surface area contributed by atoms with Gasteiger partial charge in [0.15, 0.2) is 5.78 Å². The summed E-state index contributed by atoms with van der Waals surface area (Å²) in [5.41, 5.74) is 1.74. The Hall–Kier alpha value is -1.55. The van der Waals surface area contributed by atoms with Crippen molar-refractivity contribution < 1.29 is 9.53 Å². The fourth-order valence-corrected chi connectivity index (χ4v) is 2.76. The molecule has 1 fully saturated rings. The van der Waals surface area contributed by atoms with Crippen LogP contribution in [0.1, 0.15) is 30.1 Å². The van der Waals surface area contributed by atoms with Gasteiger partial charge in [-0.3, -0.25) is 4.79 Å². The molecule has 4 nitrogen and oxygen atoms in total. The van der Waals surface area contributed by atoms with E-state index >= 15 is 0 Å². The molecular weight excluding hydrogens is 240 g/mol. The summed E-state index contributed by atoms with van der Waals surface area (Å²) in [5.74, 6) is 1.29. The molecule has 1 saturated heterocycles. The lowest BCUT2D eigenvalue weighted by Crippen LogP contribution is -2.32. The van der Waals surface area contributed by atoms with Gasteiger partial charge in [0.25, 0.3) is 0 Å². The lowest BCUT2D eigenvalue weighted by Gasteiger charge is -2.26. The van der Waals surface area contributed by atoms with E-state index in [1.165, 1.54) is 0 Å². The van der Waals surface area contributed by atoms with E-state index in [0.717, 1.165) is 49.5 Å². The van der Waals surface area contributed by atoms with Crippen molar-refractivity contribution in [2.45, 2.75) is 25.9 Å². The summed E-state index contributed by atoms with van der Waals surface area (Å²) in [4.78, 5) is 12.5. The van der Waals surface area contributed by atoms with Crippen LogP contribution in [0.15, 0.2) is 18.2 Å². The third-order valence-electron chi connectivity index (χ3n) is 3.88. The van der Waals surface area contributed by atoms with Gasteiger partial charge in [0, 0.05) is 11.5 Å². The van der Waals surface area contributed by atoms with Gasteiger partial charge in [-0.2, -0.15) is 0 Å². The summed E-state index contributed by atoms with van der Waals surface area (Å²) in [5, 5.41) is 6.61. The number of hydrogen-bond acceptors (Lipinski definition) is 4. The first-order valence-electron chi connectivity index (χ1n) is 7.03. The number of fused-ring (bicyclic) bond motifs is 1. The average Bonchev–Trinajstić information content (AvgIpc) is 2.47. The second-order valence-corrected chi connectivity index (χ2v) is 5.41. The number of hydrogen-bond donors (Lipinski definition) is 2. The normalized spacial score (nSPS) is 23.1. The van der Waals surface area contributed by atoms with Crippen molar-refractivity contribution in [1.82, 2.24) is 5.32 Å². The number of nitrogens with one attached hydrogen (secondary N) is 2. The smallest absolute Gasteiger partial charge is 0.166 e. The van der Waals surface area contributed by atoms with Crippen molar-refractivity contribution in [1.29, 1.82) is 0 Å². The number of piperidine rings is 1. The molecule has 1 unspecified atom stereocenters. The minimum Gasteiger partial charge on any atom is -0.487 e. The van der Waals surface area contributed by atoms with E-state index < -0.39 is 0 Å². The van der Waals surface area contributed by atoms with Crippen LogP contribution < -0.4 is 15.4 Å². The van der Waals surface area contributed by atoms with Crippen LogP contribution in [0.2, 0.25) is 0 Å². The van der Waals surface area contributed by atoms with Gasteiger partial charge in [-0.25, -0.2) is 0 Å². The number of anilines is 1. The van der Waals surface area contributed by atoms with Crippen molar-refractivity contribution in [2.24, 2.45) is 5.92 Å². The second-order valence-electron chi connectivity index (χ2n) is 5.41. The standard InChI is InChI=1S/C15H20N2O2/c1-10-9-17-13-8-12(2-3-14(13)19-10)15(18)11-4-6-16-7-5-11/h2-3,8,10-11,16-17H,4-7,9H2,1H3. The lowest BCUT2D eigenvalue weighted by molar-refractivity contribution is 0.0895. The Morgan fingerprint density at radius 2 is 2.11 bits per heavy atom. The monoisotopic (exact) mass is 260 g/mol. The Labute approximate surface area is 113 Å². The van der Waals surface area contributed by atoms with Crippen LogP contribution >= 0.6 is 0 Å². The molecule has 2 N–H and O–H groups in total. The third kappa shape index (κ3) is 2.59. The molecule has 1 aromatic rings. The molecule has 0 spiro atoms. The summed E-state index contributed by atoms with van der Waals surface area (Å²) in [6.45, 7) is 4.71. The fraction of sp³-hybridized carbons (Fsp3) is 0.533. The summed E-state index contributed by atoms with van der Waals surface area (Å²) in [6, 6.07) is 5.74. The van der Waals surface area contributed by atoms with Crippen molar-refractivity contribution in [3.8, 4) is 5.75 Å². The molecule has 1 atom stereocenters. The van der Waals surface area contributed by atoms with Gasteiger partial charge >= 0.3 is 0 Å². The van der Waals surface area contributed by atoms with Crippen molar-refractivity contribution in [3.05, 3.63) is 23.8 Å². The van der Waals surface area contributed by atoms with Gasteiger partial charge in [-0.05, 0) is 51.1 Å². The van der Waals surface area contributed by atoms with E-state index in [2.05, 4.69) is 10.6 Å². The molecule has 0 amide bonds. The van der Waals surface area contributed by atoms with Gasteiger partial charge in [-0.1, -0.05) is 0 Å². The number of Topliss-reactive ketones (excluding diaryl/α,β-unsaturated/α-hetero) is 1. The maximum absolute atomic E-state index is 12.5. The molecule has 2 heterocycles. The van der Waals surface area contributed by atoms with Gasteiger partial charge in [0.1, 0.15) is 11.9 Å². The Bertz CT molecular complexity index is 481. The number of rotatable bonds is 2. The highest BCUT2D eigenvalue weighted by atomic mass is 16.5. The van der Waals surface area contributed by atoms with Crippen LogP contribution in [0.5, 0.6) is 5.75 Å². The zero-order chi connectivity index (χ0) is 13.2. The maximum atomic E-state index is 12.5. The number of benzene rings is 1. The Morgan fingerprint density at radius 3 is 2.89 bits per heavy atom. The molecular formula is C15H20N2O2. The number of ketones is 1. The first kappa shape index (κ1) is 12.5. The lowest BCUT2D eigenvalue weighted by atomic mass is 9.89. The van der Waals surface area contributed by atoms with Crippen LogP contribution in [0.4, 0.5) is 5.69 Å². The van der Waals surface area contributed by atoms with Crippen LogP contribution in [-0.4, -0.2) is 31.5 Å². The second kappa shape index (κ2) is 5.21. The van der Waals surface area contributed by atoms with Crippen molar-refractivity contribution in [2.75, 3.05) is 25.0 Å². The van der Waals surface area contributed by atoms with E-state index in [4.69, 9.17) is 4.74 Å². The van der Waals surface area contributed by atoms with E-state index in [9.17, 15) is 4.79 Å². The van der Waals surface area contributed by atoms with E-state index in [1.807, 2.05) is 25.1 Å². The van der Waals surface area contributed by atoms with Gasteiger partial charge in [-0.15, -0.1) is 0 Å². The Balaban J connectivity index is 1.79. The number of carbonyl (C=O) groups is 1. The molecule has 1 aromatic carbocycles. The molecule has 3 rings (SSSR count). The molecule has 0 bridgehead atoms. The molecule has 0 aromatic heterocycles. The fourth-order valence-electron chi connectivity index (χ4n) is 2.76. The SMILES string of the molecule is CC1CNc2cc(C(=O)C3CCNCC3)ccc2O1. The third-order valence-corrected chi connectivity index (χ3v) is 3.88. The Kier molecular flexibility index (Phi) is 3.42. The predicted molar refractivity (Wildman–Crippen MR) is 74.9 cm³/mol. The summed E-state index contributed by atoms with van der Waals surface area (Å²) >= 11 is 0. The van der Waals surface area contributed by atoms with Crippen molar-refractivity contribution >= 4 is 11.5 Å². The largest absolute Gasteiger partial charge is 0.487 e. The van der Waals surface area contributed by atoms with E-state index in [0.29, 0.717) is 0 Å². The molecule has 102 valence electrons. The van der Waals surface area contributed by atoms with Gasteiger partial charge in [0.05, 0.1) is 12.2 Å². The minimum atomic E-state index is 0.169. The zero-order valence-electron chi connectivity index (χ0n) is 11.2. The van der Waals surface area contributed by atoms with Gasteiger partial charge in [0.2, 0.25) is 0 Å². The van der Waals surface area contributed by atoms with Crippen LogP contribution in [0.3, 0.4) is 0 Å². The number of carbonyl (C=O) groups excluding carboxylic acids is 1. The van der Waals surface area contributed by atoms with Crippen LogP contribution in [-0.2, 0) is 0 Å². The summed E-state index contributed by atoms with van der Waals surface area (Å²) < 4.78 is 5.73. The quantitative estimate of drug-likeness (QED) is 0.799. The minimum absolute atomic E-state index is 0.169. The molecule has 0 aliphatic carbocycles. The zero-order valence-corrected chi connectivity index (χ0v) is 11.2. The van der Waals surface area contributed by atoms with E-state index in [1.54, 1.807) is 0 Å². The molecule has 0 saturated carbocycles. The number of ether oxygens (including phenoxy) is 1. The average molecular weight is 260 g/mol. The van der Waals surface area contributed by atoms with Crippen LogP contribution in [0, 0.1) is 5.92 Å². The molecule has 2 aliphatic heterocycles. The summed E-state index contributed by atoms with van der Waals surface area (Å²) in [6.07, 6.45) is 2.06. The van der Waals surface area contributed by atoms with E-state index in [-0.39, 0.29) is 17.8 Å². The topological polar surface area (TPSA) is 50.4 Å². The predicted octanol–water partition coefficient (Wildman–Crippen LogP) is 2.06. The van der Waals surface area contributed by atoms with Gasteiger partial charge < -0.3 is 15.4 Å². The molecule has 4 heteroatoms. The first-order valence-corrected chi connectivity index (χ1v) is 7.03. The van der Waals surface area contributed by atoms with Crippen LogP contribution in [0.25, 0.3) is 0 Å². The maximum Gasteiger partial charge on any atom is 0.166 e. The highest BCUT2D eigenvalue weighted by Gasteiger charge is 2.24. The highest BCUT2D eigenvalue weighted by molar-refractivity contribution is 5.99. The molecule has 0 radical (unpaired) electrons. The highest BCUT2D eigenvalue weighted by Crippen LogP contribution is 2.31. The van der Waals surface area contributed by atoms with Crippen molar-refractivity contribution in [3.63, 3.8) is 0 Å².